The number of carbonyl (C=O) groups is 1. The van der Waals surface area contributed by atoms with Gasteiger partial charge in [0.05, 0.1) is 5.02 Å². The summed E-state index contributed by atoms with van der Waals surface area (Å²) in [4.78, 5) is 12.4. The molecule has 0 saturated heterocycles. The molecule has 2 aromatic carbocycles. The van der Waals surface area contributed by atoms with Gasteiger partial charge in [-0.05, 0) is 51.5 Å². The first-order valence-corrected chi connectivity index (χ1v) is 8.25. The molecule has 0 spiro atoms. The SMILES string of the molecule is COC(C)Oc1ccc(PC(=O)c2c(C)cccc2Cl)cc1.[LiH]. The minimum absolute atomic E-state index is 0. The number of ether oxygens (including phenoxy) is 2. The summed E-state index contributed by atoms with van der Waals surface area (Å²) in [6.45, 7) is 3.71. The van der Waals surface area contributed by atoms with E-state index in [0.29, 0.717) is 16.3 Å². The Morgan fingerprint density at radius 2 is 1.83 bits per heavy atom. The second-order valence-electron chi connectivity index (χ2n) is 4.83. The van der Waals surface area contributed by atoms with E-state index in [4.69, 9.17) is 21.1 Å². The third kappa shape index (κ3) is 5.64. The average molecular weight is 345 g/mol. The Kier molecular flexibility index (Phi) is 8.34. The topological polar surface area (TPSA) is 35.5 Å². The molecule has 0 aliphatic heterocycles. The molecule has 0 amide bonds. The van der Waals surface area contributed by atoms with E-state index in [9.17, 15) is 4.79 Å². The molecule has 23 heavy (non-hydrogen) atoms. The van der Waals surface area contributed by atoms with Gasteiger partial charge >= 0.3 is 18.9 Å². The van der Waals surface area contributed by atoms with Gasteiger partial charge in [-0.3, -0.25) is 4.79 Å². The first kappa shape index (κ1) is 20.2. The second kappa shape index (κ2) is 9.48. The first-order chi connectivity index (χ1) is 10.5. The maximum absolute atomic E-state index is 12.4. The molecule has 118 valence electrons. The van der Waals surface area contributed by atoms with E-state index >= 15 is 0 Å². The number of carbonyl (C=O) groups excluding carboxylic acids is 1. The van der Waals surface area contributed by atoms with Crippen LogP contribution in [0.3, 0.4) is 0 Å². The molecule has 0 N–H and O–H groups in total. The number of aryl methyl sites for hydroxylation is 1. The second-order valence-corrected chi connectivity index (χ2v) is 6.52. The molecular formula is C17H19ClLiO3P. The van der Waals surface area contributed by atoms with Crippen LogP contribution in [0, 0.1) is 6.92 Å². The number of hydrogen-bond acceptors (Lipinski definition) is 3. The van der Waals surface area contributed by atoms with Crippen molar-refractivity contribution in [1.29, 1.82) is 0 Å². The molecule has 0 aliphatic rings. The predicted octanol–water partition coefficient (Wildman–Crippen LogP) is 3.52. The van der Waals surface area contributed by atoms with Crippen molar-refractivity contribution in [2.45, 2.75) is 20.1 Å². The van der Waals surface area contributed by atoms with Crippen LogP contribution in [-0.2, 0) is 4.74 Å². The van der Waals surface area contributed by atoms with Crippen molar-refractivity contribution in [2.75, 3.05) is 7.11 Å². The van der Waals surface area contributed by atoms with Crippen molar-refractivity contribution in [2.24, 2.45) is 0 Å². The van der Waals surface area contributed by atoms with Crippen LogP contribution in [0.25, 0.3) is 0 Å². The van der Waals surface area contributed by atoms with E-state index in [1.165, 1.54) is 0 Å². The quantitative estimate of drug-likeness (QED) is 0.457. The third-order valence-electron chi connectivity index (χ3n) is 3.20. The van der Waals surface area contributed by atoms with E-state index in [1.54, 1.807) is 13.2 Å². The van der Waals surface area contributed by atoms with E-state index < -0.39 is 0 Å². The predicted molar refractivity (Wildman–Crippen MR) is 99.2 cm³/mol. The molecule has 2 atom stereocenters. The van der Waals surface area contributed by atoms with Crippen molar-refractivity contribution in [1.82, 2.24) is 0 Å². The van der Waals surface area contributed by atoms with Gasteiger partial charge in [-0.25, -0.2) is 0 Å². The molecule has 6 heteroatoms. The van der Waals surface area contributed by atoms with E-state index in [2.05, 4.69) is 0 Å². The summed E-state index contributed by atoms with van der Waals surface area (Å²) in [5.74, 6) is 0.712. The summed E-state index contributed by atoms with van der Waals surface area (Å²) in [5.41, 5.74) is 1.55. The Bertz CT molecular complexity index is 641. The fourth-order valence-corrected chi connectivity index (χ4v) is 3.41. The number of hydrogen-bond donors (Lipinski definition) is 0. The summed E-state index contributed by atoms with van der Waals surface area (Å²) in [6, 6.07) is 12.9. The molecule has 0 saturated carbocycles. The van der Waals surface area contributed by atoms with Crippen LogP contribution in [0.1, 0.15) is 22.8 Å². The fourth-order valence-electron chi connectivity index (χ4n) is 1.97. The Labute approximate surface area is 155 Å². The summed E-state index contributed by atoms with van der Waals surface area (Å²) in [5, 5.41) is 1.45. The molecule has 0 fully saturated rings. The van der Waals surface area contributed by atoms with Gasteiger partial charge in [0.1, 0.15) is 5.75 Å². The number of rotatable bonds is 6. The monoisotopic (exact) mass is 344 g/mol. The molecular weight excluding hydrogens is 326 g/mol. The van der Waals surface area contributed by atoms with Crippen molar-refractivity contribution in [3.8, 4) is 5.75 Å². The molecule has 0 aromatic heterocycles. The van der Waals surface area contributed by atoms with Gasteiger partial charge in [0.15, 0.2) is 11.8 Å². The molecule has 0 radical (unpaired) electrons. The van der Waals surface area contributed by atoms with Gasteiger partial charge in [-0.15, -0.1) is 0 Å². The molecule has 0 heterocycles. The van der Waals surface area contributed by atoms with Gasteiger partial charge in [0.25, 0.3) is 0 Å². The summed E-state index contributed by atoms with van der Waals surface area (Å²) < 4.78 is 10.6. The number of methoxy groups -OCH3 is 1. The van der Waals surface area contributed by atoms with Gasteiger partial charge in [-0.1, -0.05) is 35.9 Å². The molecule has 0 aliphatic carbocycles. The molecule has 2 rings (SSSR count). The minimum atomic E-state index is -0.305. The Hall–Kier alpha value is -0.813. The maximum atomic E-state index is 12.4. The van der Waals surface area contributed by atoms with Gasteiger partial charge < -0.3 is 9.47 Å². The summed E-state index contributed by atoms with van der Waals surface area (Å²) >= 11 is 6.14. The van der Waals surface area contributed by atoms with Crippen molar-refractivity contribution in [3.05, 3.63) is 58.6 Å². The zero-order valence-corrected chi connectivity index (χ0v) is 14.5. The van der Waals surface area contributed by atoms with E-state index in [0.717, 1.165) is 10.9 Å². The van der Waals surface area contributed by atoms with Crippen LogP contribution < -0.4 is 10.0 Å². The van der Waals surface area contributed by atoms with Crippen molar-refractivity contribution >= 4 is 49.9 Å². The normalized spacial score (nSPS) is 12.0. The van der Waals surface area contributed by atoms with E-state index in [1.807, 2.05) is 50.2 Å². The van der Waals surface area contributed by atoms with Crippen LogP contribution in [0.5, 0.6) is 5.75 Å². The van der Waals surface area contributed by atoms with Gasteiger partial charge in [0, 0.05) is 12.7 Å². The van der Waals surface area contributed by atoms with Crippen LogP contribution in [0.2, 0.25) is 5.02 Å². The van der Waals surface area contributed by atoms with Crippen molar-refractivity contribution in [3.63, 3.8) is 0 Å². The Balaban J connectivity index is 0.00000264. The molecule has 2 unspecified atom stereocenters. The zero-order chi connectivity index (χ0) is 16.1. The Morgan fingerprint density at radius 1 is 1.17 bits per heavy atom. The molecule has 2 aromatic rings. The van der Waals surface area contributed by atoms with Crippen LogP contribution >= 0.6 is 20.2 Å². The van der Waals surface area contributed by atoms with Crippen LogP contribution in [0.4, 0.5) is 0 Å². The number of benzene rings is 2. The standard InChI is InChI=1S/C17H18ClO3P.Li.H/c1-11-5-4-6-15(18)16(11)17(19)22-14-9-7-13(8-10-14)21-12(2)20-3;;/h4-10,12,22H,1-3H3;;. The first-order valence-electron chi connectivity index (χ1n) is 6.87. The summed E-state index contributed by atoms with van der Waals surface area (Å²) in [7, 11) is 1.62. The third-order valence-corrected chi connectivity index (χ3v) is 4.61. The fraction of sp³-hybridized carbons (Fsp3) is 0.235. The van der Waals surface area contributed by atoms with Gasteiger partial charge in [-0.2, -0.15) is 0 Å². The van der Waals surface area contributed by atoms with Crippen molar-refractivity contribution < 1.29 is 14.3 Å². The van der Waals surface area contributed by atoms with Crippen LogP contribution in [-0.4, -0.2) is 37.8 Å². The number of halogens is 1. The van der Waals surface area contributed by atoms with Crippen LogP contribution in [0.15, 0.2) is 42.5 Å². The van der Waals surface area contributed by atoms with Gasteiger partial charge in [0.2, 0.25) is 0 Å². The summed E-state index contributed by atoms with van der Waals surface area (Å²) in [6.07, 6.45) is -0.305. The Morgan fingerprint density at radius 3 is 2.39 bits per heavy atom. The molecule has 3 nitrogen and oxygen atoms in total. The molecule has 0 bridgehead atoms. The van der Waals surface area contributed by atoms with E-state index in [-0.39, 0.29) is 39.3 Å². The average Bonchev–Trinajstić information content (AvgIpc) is 2.49. The zero-order valence-electron chi connectivity index (χ0n) is 12.7.